The molecule has 1 N–H and O–H groups in total. The second-order valence-corrected chi connectivity index (χ2v) is 5.05. The molecule has 0 atom stereocenters. The highest BCUT2D eigenvalue weighted by Gasteiger charge is 2.20. The Labute approximate surface area is 115 Å². The minimum atomic E-state index is 0.697. The van der Waals surface area contributed by atoms with Crippen LogP contribution in [0.4, 0.5) is 5.82 Å². The van der Waals surface area contributed by atoms with Gasteiger partial charge in [-0.25, -0.2) is 0 Å². The Balaban J connectivity index is 1.85. The number of nitrogens with zero attached hydrogens (tertiary/aromatic N) is 3. The fourth-order valence-electron chi connectivity index (χ4n) is 2.43. The molecule has 0 saturated carbocycles. The third-order valence-electron chi connectivity index (χ3n) is 3.60. The molecule has 0 radical (unpaired) electrons. The highest BCUT2D eigenvalue weighted by atomic mass is 16.5. The molecule has 1 aliphatic rings. The average Bonchev–Trinajstić information content (AvgIpc) is 2.47. The minimum absolute atomic E-state index is 0.697. The van der Waals surface area contributed by atoms with Gasteiger partial charge in [-0.1, -0.05) is 6.92 Å². The molecule has 0 aromatic carbocycles. The van der Waals surface area contributed by atoms with Gasteiger partial charge in [-0.2, -0.15) is 5.10 Å². The van der Waals surface area contributed by atoms with Crippen molar-refractivity contribution >= 4 is 5.82 Å². The summed E-state index contributed by atoms with van der Waals surface area (Å²) in [6, 6.07) is 4.14. The molecule has 0 spiro atoms. The van der Waals surface area contributed by atoms with Crippen LogP contribution in [0.2, 0.25) is 0 Å². The molecule has 1 fully saturated rings. The molecule has 1 aromatic heterocycles. The van der Waals surface area contributed by atoms with Crippen LogP contribution in [-0.2, 0) is 11.3 Å². The molecule has 0 unspecified atom stereocenters. The highest BCUT2D eigenvalue weighted by Crippen LogP contribution is 2.21. The number of nitrogens with one attached hydrogen (secondary N) is 1. The van der Waals surface area contributed by atoms with Crippen LogP contribution in [0.3, 0.4) is 0 Å². The Bertz CT molecular complexity index is 360. The van der Waals surface area contributed by atoms with Crippen molar-refractivity contribution in [3.05, 3.63) is 17.8 Å². The minimum Gasteiger partial charge on any atom is -0.384 e. The van der Waals surface area contributed by atoms with Crippen LogP contribution in [-0.4, -0.2) is 43.5 Å². The van der Waals surface area contributed by atoms with Gasteiger partial charge < -0.3 is 15.0 Å². The molecule has 2 rings (SSSR count). The molecule has 1 aromatic rings. The van der Waals surface area contributed by atoms with Crippen LogP contribution in [0.15, 0.2) is 12.1 Å². The molecule has 19 heavy (non-hydrogen) atoms. The zero-order chi connectivity index (χ0) is 13.5. The largest absolute Gasteiger partial charge is 0.384 e. The SMILES string of the molecule is CCNCc1ccc(N2CCC(COC)CC2)nn1. The summed E-state index contributed by atoms with van der Waals surface area (Å²) in [4.78, 5) is 2.32. The van der Waals surface area contributed by atoms with Crippen molar-refractivity contribution in [1.82, 2.24) is 15.5 Å². The third kappa shape index (κ3) is 4.14. The van der Waals surface area contributed by atoms with Crippen molar-refractivity contribution in [3.63, 3.8) is 0 Å². The predicted molar refractivity (Wildman–Crippen MR) is 76.2 cm³/mol. The van der Waals surface area contributed by atoms with Crippen molar-refractivity contribution in [2.75, 3.05) is 38.3 Å². The summed E-state index contributed by atoms with van der Waals surface area (Å²) in [5.74, 6) is 1.69. The van der Waals surface area contributed by atoms with E-state index in [4.69, 9.17) is 4.74 Å². The number of aromatic nitrogens is 2. The second kappa shape index (κ2) is 7.40. The lowest BCUT2D eigenvalue weighted by molar-refractivity contribution is 0.139. The molecule has 0 bridgehead atoms. The van der Waals surface area contributed by atoms with E-state index in [2.05, 4.69) is 39.5 Å². The van der Waals surface area contributed by atoms with E-state index in [-0.39, 0.29) is 0 Å². The Morgan fingerprint density at radius 3 is 2.68 bits per heavy atom. The molecule has 5 nitrogen and oxygen atoms in total. The van der Waals surface area contributed by atoms with Gasteiger partial charge in [-0.3, -0.25) is 0 Å². The Morgan fingerprint density at radius 1 is 1.32 bits per heavy atom. The number of anilines is 1. The van der Waals surface area contributed by atoms with Gasteiger partial charge in [0.15, 0.2) is 5.82 Å². The van der Waals surface area contributed by atoms with E-state index < -0.39 is 0 Å². The van der Waals surface area contributed by atoms with Crippen LogP contribution >= 0.6 is 0 Å². The van der Waals surface area contributed by atoms with E-state index >= 15 is 0 Å². The molecule has 1 saturated heterocycles. The van der Waals surface area contributed by atoms with Gasteiger partial charge >= 0.3 is 0 Å². The van der Waals surface area contributed by atoms with E-state index in [9.17, 15) is 0 Å². The number of hydrogen-bond donors (Lipinski definition) is 1. The first-order chi connectivity index (χ1) is 9.33. The summed E-state index contributed by atoms with van der Waals surface area (Å²) >= 11 is 0. The summed E-state index contributed by atoms with van der Waals surface area (Å²) in [5.41, 5.74) is 1.000. The Kier molecular flexibility index (Phi) is 5.54. The van der Waals surface area contributed by atoms with Crippen LogP contribution in [0, 0.1) is 5.92 Å². The maximum absolute atomic E-state index is 5.22. The lowest BCUT2D eigenvalue weighted by Crippen LogP contribution is -2.35. The molecule has 0 aliphatic carbocycles. The van der Waals surface area contributed by atoms with E-state index in [1.54, 1.807) is 7.11 Å². The van der Waals surface area contributed by atoms with Crippen molar-refractivity contribution in [2.45, 2.75) is 26.3 Å². The van der Waals surface area contributed by atoms with E-state index in [1.807, 2.05) is 0 Å². The predicted octanol–water partition coefficient (Wildman–Crippen LogP) is 1.45. The lowest BCUT2D eigenvalue weighted by Gasteiger charge is -2.32. The smallest absolute Gasteiger partial charge is 0.151 e. The fraction of sp³-hybridized carbons (Fsp3) is 0.714. The number of ether oxygens (including phenoxy) is 1. The zero-order valence-corrected chi connectivity index (χ0v) is 11.9. The maximum Gasteiger partial charge on any atom is 0.151 e. The average molecular weight is 264 g/mol. The fourth-order valence-corrected chi connectivity index (χ4v) is 2.43. The van der Waals surface area contributed by atoms with E-state index in [1.165, 1.54) is 12.8 Å². The Hall–Kier alpha value is -1.20. The molecular formula is C14H24N4O. The van der Waals surface area contributed by atoms with Crippen LogP contribution in [0.5, 0.6) is 0 Å². The summed E-state index contributed by atoms with van der Waals surface area (Å²) in [6.07, 6.45) is 2.35. The third-order valence-corrected chi connectivity index (χ3v) is 3.60. The van der Waals surface area contributed by atoms with Gasteiger partial charge in [-0.05, 0) is 37.4 Å². The molecule has 106 valence electrons. The summed E-state index contributed by atoms with van der Waals surface area (Å²) in [7, 11) is 1.78. The van der Waals surface area contributed by atoms with Crippen LogP contribution in [0.1, 0.15) is 25.5 Å². The van der Waals surface area contributed by atoms with Gasteiger partial charge in [0, 0.05) is 33.4 Å². The quantitative estimate of drug-likeness (QED) is 0.843. The van der Waals surface area contributed by atoms with Gasteiger partial charge in [0.1, 0.15) is 0 Å². The second-order valence-electron chi connectivity index (χ2n) is 5.05. The number of hydrogen-bond acceptors (Lipinski definition) is 5. The Morgan fingerprint density at radius 2 is 2.11 bits per heavy atom. The number of rotatable bonds is 6. The number of piperidine rings is 1. The first kappa shape index (κ1) is 14.2. The summed E-state index contributed by atoms with van der Waals surface area (Å²) in [6.45, 7) is 6.81. The monoisotopic (exact) mass is 264 g/mol. The summed E-state index contributed by atoms with van der Waals surface area (Å²) in [5, 5.41) is 11.9. The summed E-state index contributed by atoms with van der Waals surface area (Å²) < 4.78 is 5.22. The van der Waals surface area contributed by atoms with Gasteiger partial charge in [-0.15, -0.1) is 5.10 Å². The topological polar surface area (TPSA) is 50.3 Å². The standard InChI is InChI=1S/C14H24N4O/c1-3-15-10-13-4-5-14(17-16-13)18-8-6-12(7-9-18)11-19-2/h4-5,12,15H,3,6-11H2,1-2H3. The molecule has 0 amide bonds. The first-order valence-corrected chi connectivity index (χ1v) is 7.10. The zero-order valence-electron chi connectivity index (χ0n) is 11.9. The molecule has 5 heteroatoms. The van der Waals surface area contributed by atoms with Gasteiger partial charge in [0.25, 0.3) is 0 Å². The van der Waals surface area contributed by atoms with Crippen LogP contribution < -0.4 is 10.2 Å². The normalized spacial score (nSPS) is 16.8. The highest BCUT2D eigenvalue weighted by molar-refractivity contribution is 5.37. The number of methoxy groups -OCH3 is 1. The van der Waals surface area contributed by atoms with Gasteiger partial charge in [0.2, 0.25) is 0 Å². The van der Waals surface area contributed by atoms with Crippen molar-refractivity contribution in [1.29, 1.82) is 0 Å². The molecule has 2 heterocycles. The maximum atomic E-state index is 5.22. The van der Waals surface area contributed by atoms with Crippen LogP contribution in [0.25, 0.3) is 0 Å². The lowest BCUT2D eigenvalue weighted by atomic mass is 9.98. The van der Waals surface area contributed by atoms with Gasteiger partial charge in [0.05, 0.1) is 5.69 Å². The van der Waals surface area contributed by atoms with E-state index in [0.717, 1.165) is 44.3 Å². The van der Waals surface area contributed by atoms with Crippen molar-refractivity contribution in [2.24, 2.45) is 5.92 Å². The van der Waals surface area contributed by atoms with Crippen molar-refractivity contribution in [3.8, 4) is 0 Å². The van der Waals surface area contributed by atoms with E-state index in [0.29, 0.717) is 5.92 Å². The van der Waals surface area contributed by atoms with Crippen molar-refractivity contribution < 1.29 is 4.74 Å². The first-order valence-electron chi connectivity index (χ1n) is 7.10. The molecular weight excluding hydrogens is 240 g/mol. The molecule has 1 aliphatic heterocycles.